The summed E-state index contributed by atoms with van der Waals surface area (Å²) in [7, 11) is 0. The van der Waals surface area contributed by atoms with Gasteiger partial charge in [0.25, 0.3) is 0 Å². The number of carbonyl (C=O) groups excluding carboxylic acids is 6. The zero-order chi connectivity index (χ0) is 45.8. The van der Waals surface area contributed by atoms with E-state index in [0.29, 0.717) is 51.0 Å². The largest absolute Gasteiger partial charge is 0.466 e. The van der Waals surface area contributed by atoms with Crippen LogP contribution >= 0.6 is 0 Å². The predicted molar refractivity (Wildman–Crippen MR) is 245 cm³/mol. The Kier molecular flexibility index (Phi) is 19.3. The Morgan fingerprint density at radius 2 is 1.45 bits per heavy atom. The normalized spacial score (nSPS) is 30.3. The van der Waals surface area contributed by atoms with E-state index in [1.165, 1.54) is 0 Å². The molecule has 0 aromatic heterocycles. The number of ether oxygens (including phenoxy) is 2. The lowest BCUT2D eigenvalue weighted by molar-refractivity contribution is -0.151. The Hall–Kier alpha value is -3.56. The third kappa shape index (κ3) is 12.6. The summed E-state index contributed by atoms with van der Waals surface area (Å²) in [5.74, 6) is -0.104. The van der Waals surface area contributed by atoms with E-state index in [1.807, 2.05) is 35.8 Å². The minimum atomic E-state index is -0.435. The van der Waals surface area contributed by atoms with Crippen LogP contribution in [0.2, 0.25) is 0 Å². The van der Waals surface area contributed by atoms with E-state index in [-0.39, 0.29) is 88.7 Å². The summed E-state index contributed by atoms with van der Waals surface area (Å²) in [5.41, 5.74) is 0.179. The van der Waals surface area contributed by atoms with Gasteiger partial charge in [0.1, 0.15) is 0 Å². The van der Waals surface area contributed by atoms with Crippen molar-refractivity contribution in [2.45, 2.75) is 170 Å². The SMILES string of the molecule is C=CCCCC[C@H](CC(=O)[C@@H]1[C@@H]2[C@H](CN1C(=O)[C@@H](C)CCCC=C)C2(C)C)C(=O)OCC.CCOC(=O)[C@@H]1CCCC/C=C/CCC[C@H](C)C(=O)N2C[C@H]3[C@@H]([C@H]2C(=O)C1)C3(C)C. The van der Waals surface area contributed by atoms with Gasteiger partial charge in [0.15, 0.2) is 11.6 Å². The smallest absolute Gasteiger partial charge is 0.309 e. The zero-order valence-corrected chi connectivity index (χ0v) is 39.8. The summed E-state index contributed by atoms with van der Waals surface area (Å²) in [6.45, 7) is 25.8. The van der Waals surface area contributed by atoms with E-state index in [0.717, 1.165) is 77.0 Å². The van der Waals surface area contributed by atoms with Gasteiger partial charge in [0.05, 0.1) is 37.1 Å². The van der Waals surface area contributed by atoms with E-state index in [1.54, 1.807) is 13.8 Å². The second-order valence-electron chi connectivity index (χ2n) is 20.3. The summed E-state index contributed by atoms with van der Waals surface area (Å²) >= 11 is 0. The Bertz CT molecular complexity index is 1610. The minimum Gasteiger partial charge on any atom is -0.466 e. The van der Waals surface area contributed by atoms with Crippen LogP contribution in [0.1, 0.15) is 158 Å². The van der Waals surface area contributed by atoms with Gasteiger partial charge in [-0.2, -0.15) is 0 Å². The zero-order valence-electron chi connectivity index (χ0n) is 39.8. The number of Topliss-reactive ketones (excluding diaryl/α,β-unsaturated/α-hetero) is 2. The van der Waals surface area contributed by atoms with E-state index < -0.39 is 17.9 Å². The van der Waals surface area contributed by atoms with Crippen LogP contribution in [0.25, 0.3) is 0 Å². The van der Waals surface area contributed by atoms with Crippen molar-refractivity contribution < 1.29 is 38.2 Å². The van der Waals surface area contributed by atoms with E-state index in [2.05, 4.69) is 53.0 Å². The monoisotopic (exact) mass is 863 g/mol. The number of unbranched alkanes of at least 4 members (excludes halogenated alkanes) is 3. The molecule has 2 amide bonds. The van der Waals surface area contributed by atoms with Crippen molar-refractivity contribution in [1.29, 1.82) is 0 Å². The highest BCUT2D eigenvalue weighted by atomic mass is 16.5. The highest BCUT2D eigenvalue weighted by molar-refractivity contribution is 5.94. The molecule has 0 radical (unpaired) electrons. The van der Waals surface area contributed by atoms with Crippen LogP contribution in [0.5, 0.6) is 0 Å². The van der Waals surface area contributed by atoms with Crippen LogP contribution in [0.15, 0.2) is 37.5 Å². The van der Waals surface area contributed by atoms with Gasteiger partial charge in [0, 0.05) is 37.8 Å². The van der Waals surface area contributed by atoms with Crippen molar-refractivity contribution in [3.8, 4) is 0 Å². The lowest BCUT2D eigenvalue weighted by Gasteiger charge is -2.32. The van der Waals surface area contributed by atoms with Crippen molar-refractivity contribution in [2.24, 2.45) is 58.2 Å². The minimum absolute atomic E-state index is 0.0245. The second-order valence-corrected chi connectivity index (χ2v) is 20.3. The molecule has 4 fully saturated rings. The van der Waals surface area contributed by atoms with Gasteiger partial charge in [-0.3, -0.25) is 28.8 Å². The molecule has 0 aromatic carbocycles. The van der Waals surface area contributed by atoms with E-state index in [9.17, 15) is 28.8 Å². The average Bonchev–Trinajstić information content (AvgIpc) is 3.68. The van der Waals surface area contributed by atoms with Crippen LogP contribution in [-0.2, 0) is 38.2 Å². The third-order valence-corrected chi connectivity index (χ3v) is 15.2. The van der Waals surface area contributed by atoms with Crippen molar-refractivity contribution in [2.75, 3.05) is 26.3 Å². The summed E-state index contributed by atoms with van der Waals surface area (Å²) in [5, 5.41) is 0. The number of piperidine rings is 2. The van der Waals surface area contributed by atoms with Gasteiger partial charge in [-0.25, -0.2) is 0 Å². The first-order valence-electron chi connectivity index (χ1n) is 24.4. The number of nitrogens with zero attached hydrogens (tertiary/aromatic N) is 2. The molecule has 0 aromatic rings. The summed E-state index contributed by atoms with van der Waals surface area (Å²) in [6.07, 6.45) is 20.9. The number of hydrogen-bond acceptors (Lipinski definition) is 8. The molecule has 0 spiro atoms. The molecule has 0 unspecified atom stereocenters. The van der Waals surface area contributed by atoms with Crippen LogP contribution in [0.3, 0.4) is 0 Å². The first-order chi connectivity index (χ1) is 29.5. The first kappa shape index (κ1) is 51.1. The molecule has 2 saturated carbocycles. The van der Waals surface area contributed by atoms with Crippen molar-refractivity contribution in [3.05, 3.63) is 37.5 Å². The quantitative estimate of drug-likeness (QED) is 0.0804. The molecule has 3 aliphatic heterocycles. The fourth-order valence-corrected chi connectivity index (χ4v) is 11.1. The number of esters is 2. The van der Waals surface area contributed by atoms with Crippen LogP contribution in [-0.4, -0.2) is 83.5 Å². The maximum atomic E-state index is 13.5. The molecule has 3 heterocycles. The highest BCUT2D eigenvalue weighted by Crippen LogP contribution is 2.66. The van der Waals surface area contributed by atoms with E-state index >= 15 is 0 Å². The number of amides is 2. The van der Waals surface area contributed by atoms with Crippen molar-refractivity contribution in [1.82, 2.24) is 9.80 Å². The standard InChI is InChI=1S/C27H43NO4.C25H39NO4/c1-7-10-12-14-16-20(26(31)32-9-3)17-22(29)24-23-21(27(23,5)6)18-28(24)25(30)19(4)15-13-11-8-2;1-5-30-24(29)18-14-12-10-8-6-7-9-11-13-17(2)23(28)26-16-19-21(25(19,3)4)22(26)20(27)15-18/h7-8,19-21,23-24H,1-2,9-18H2,3-6H3;6-7,17-19,21-22H,5,8-16H2,1-4H3/b;7-6+/t19-,20+,21-,23-,24+;17-,18+,19-,21-,22+/m00/s1. The van der Waals surface area contributed by atoms with Gasteiger partial charge in [-0.15, -0.1) is 13.2 Å². The molecule has 348 valence electrons. The molecule has 5 aliphatic rings. The third-order valence-electron chi connectivity index (χ3n) is 15.2. The summed E-state index contributed by atoms with van der Waals surface area (Å²) in [4.78, 5) is 82.3. The Balaban J connectivity index is 0.000000273. The maximum absolute atomic E-state index is 13.5. The Labute approximate surface area is 374 Å². The predicted octanol–water partition coefficient (Wildman–Crippen LogP) is 9.89. The highest BCUT2D eigenvalue weighted by Gasteiger charge is 2.70. The number of allylic oxidation sites excluding steroid dienone is 4. The van der Waals surface area contributed by atoms with Crippen LogP contribution in [0.4, 0.5) is 0 Å². The molecular weight excluding hydrogens is 781 g/mol. The molecule has 2 saturated heterocycles. The van der Waals surface area contributed by atoms with Gasteiger partial charge in [-0.05, 0) is 125 Å². The molecule has 0 N–H and O–H groups in total. The molecule has 10 atom stereocenters. The van der Waals surface area contributed by atoms with Gasteiger partial charge >= 0.3 is 11.9 Å². The lowest BCUT2D eigenvalue weighted by Crippen LogP contribution is -2.48. The maximum Gasteiger partial charge on any atom is 0.309 e. The number of hydrogen-bond donors (Lipinski definition) is 0. The van der Waals surface area contributed by atoms with Crippen molar-refractivity contribution in [3.63, 3.8) is 0 Å². The molecule has 2 aliphatic carbocycles. The van der Waals surface area contributed by atoms with Gasteiger partial charge in [0.2, 0.25) is 11.8 Å². The number of fused-ring (bicyclic) bond motifs is 4. The van der Waals surface area contributed by atoms with Gasteiger partial charge < -0.3 is 19.3 Å². The molecule has 5 rings (SSSR count). The van der Waals surface area contributed by atoms with Crippen LogP contribution in [0, 0.1) is 58.2 Å². The molecule has 10 heteroatoms. The topological polar surface area (TPSA) is 127 Å². The van der Waals surface area contributed by atoms with Crippen LogP contribution < -0.4 is 0 Å². The Morgan fingerprint density at radius 3 is 2.11 bits per heavy atom. The number of ketones is 2. The van der Waals surface area contributed by atoms with Gasteiger partial charge in [-0.1, -0.05) is 78.7 Å². The molecular formula is C52H82N2O8. The molecule has 10 nitrogen and oxygen atoms in total. The Morgan fingerprint density at radius 1 is 0.823 bits per heavy atom. The molecule has 62 heavy (non-hydrogen) atoms. The fourth-order valence-electron chi connectivity index (χ4n) is 11.1. The molecule has 0 bridgehead atoms. The average molecular weight is 863 g/mol. The number of carbonyl (C=O) groups is 6. The second kappa shape index (κ2) is 23.4. The lowest BCUT2D eigenvalue weighted by atomic mass is 9.89. The van der Waals surface area contributed by atoms with Crippen molar-refractivity contribution >= 4 is 35.3 Å². The van der Waals surface area contributed by atoms with E-state index in [4.69, 9.17) is 9.47 Å². The fraction of sp³-hybridized carbons (Fsp3) is 0.769. The summed E-state index contributed by atoms with van der Waals surface area (Å²) in [6, 6.07) is -0.779. The first-order valence-corrected chi connectivity index (χ1v) is 24.4. The number of rotatable bonds is 17. The summed E-state index contributed by atoms with van der Waals surface area (Å²) < 4.78 is 10.5. The number of likely N-dealkylation sites (tertiary alicyclic amines) is 1.